The maximum Gasteiger partial charge on any atom is 0.213 e. The summed E-state index contributed by atoms with van der Waals surface area (Å²) < 4.78 is 5.14. The van der Waals surface area contributed by atoms with E-state index in [9.17, 15) is 5.11 Å². The number of methoxy groups -OCH3 is 1. The van der Waals surface area contributed by atoms with E-state index < -0.39 is 0 Å². The highest BCUT2D eigenvalue weighted by Crippen LogP contribution is 2.29. The van der Waals surface area contributed by atoms with Gasteiger partial charge in [0, 0.05) is 32.0 Å². The average Bonchev–Trinajstić information content (AvgIpc) is 2.63. The summed E-state index contributed by atoms with van der Waals surface area (Å²) >= 11 is 0. The smallest absolute Gasteiger partial charge is 0.213 e. The van der Waals surface area contributed by atoms with Gasteiger partial charge in [-0.25, -0.2) is 9.98 Å². The molecule has 0 aromatic carbocycles. The molecule has 0 bridgehead atoms. The van der Waals surface area contributed by atoms with Crippen LogP contribution in [0, 0.1) is 5.41 Å². The van der Waals surface area contributed by atoms with Gasteiger partial charge in [0.2, 0.25) is 5.88 Å². The zero-order chi connectivity index (χ0) is 17.8. The van der Waals surface area contributed by atoms with Gasteiger partial charge in [0.25, 0.3) is 0 Å². The van der Waals surface area contributed by atoms with Crippen molar-refractivity contribution in [2.75, 3.05) is 26.8 Å². The fourth-order valence-electron chi connectivity index (χ4n) is 2.62. The van der Waals surface area contributed by atoms with Gasteiger partial charge in [-0.3, -0.25) is 0 Å². The van der Waals surface area contributed by atoms with Crippen LogP contribution in [-0.4, -0.2) is 42.9 Å². The van der Waals surface area contributed by atoms with Crippen LogP contribution in [0.4, 0.5) is 0 Å². The van der Waals surface area contributed by atoms with Crippen molar-refractivity contribution in [1.82, 2.24) is 15.6 Å². The molecule has 144 valence electrons. The Morgan fingerprint density at radius 2 is 2.00 bits per heavy atom. The van der Waals surface area contributed by atoms with Crippen molar-refractivity contribution < 1.29 is 9.84 Å². The third-order valence-corrected chi connectivity index (χ3v) is 4.55. The lowest BCUT2D eigenvalue weighted by atomic mass is 9.79. The molecular weight excluding hydrogens is 431 g/mol. The molecule has 0 saturated heterocycles. The van der Waals surface area contributed by atoms with Gasteiger partial charge in [-0.05, 0) is 43.2 Å². The number of aromatic nitrogens is 1. The predicted octanol–water partition coefficient (Wildman–Crippen LogP) is 2.95. The number of guanidine groups is 1. The largest absolute Gasteiger partial charge is 0.481 e. The number of halogens is 1. The Kier molecular flexibility index (Phi) is 12.6. The number of rotatable bonds is 10. The zero-order valence-corrected chi connectivity index (χ0v) is 18.2. The molecule has 0 fully saturated rings. The predicted molar refractivity (Wildman–Crippen MR) is 114 cm³/mol. The van der Waals surface area contributed by atoms with Gasteiger partial charge in [0.15, 0.2) is 5.96 Å². The minimum absolute atomic E-state index is 0. The third kappa shape index (κ3) is 8.22. The van der Waals surface area contributed by atoms with Crippen molar-refractivity contribution in [2.45, 2.75) is 46.6 Å². The van der Waals surface area contributed by atoms with E-state index in [0.29, 0.717) is 12.4 Å². The van der Waals surface area contributed by atoms with Crippen molar-refractivity contribution in [3.05, 3.63) is 23.9 Å². The Balaban J connectivity index is 0.00000576. The first-order chi connectivity index (χ1) is 11.6. The maximum absolute atomic E-state index is 9.34. The number of aliphatic hydroxyl groups is 1. The van der Waals surface area contributed by atoms with Gasteiger partial charge in [0.05, 0.1) is 13.7 Å². The molecule has 1 aromatic heterocycles. The number of ether oxygens (including phenoxy) is 1. The van der Waals surface area contributed by atoms with Crippen LogP contribution in [0.25, 0.3) is 0 Å². The van der Waals surface area contributed by atoms with E-state index in [-0.39, 0.29) is 36.0 Å². The lowest BCUT2D eigenvalue weighted by Crippen LogP contribution is -2.43. The molecule has 0 aliphatic rings. The van der Waals surface area contributed by atoms with Crippen LogP contribution in [0.1, 0.15) is 45.6 Å². The van der Waals surface area contributed by atoms with Crippen molar-refractivity contribution in [2.24, 2.45) is 10.4 Å². The molecule has 1 aromatic rings. The van der Waals surface area contributed by atoms with Crippen LogP contribution in [0.15, 0.2) is 23.3 Å². The molecule has 25 heavy (non-hydrogen) atoms. The van der Waals surface area contributed by atoms with E-state index in [2.05, 4.69) is 34.5 Å². The number of aliphatic hydroxyl groups excluding tert-OH is 1. The van der Waals surface area contributed by atoms with Gasteiger partial charge in [-0.2, -0.15) is 0 Å². The molecule has 0 saturated carbocycles. The van der Waals surface area contributed by atoms with Crippen LogP contribution >= 0.6 is 24.0 Å². The number of hydrogen-bond donors (Lipinski definition) is 3. The molecule has 0 amide bonds. The number of pyridine rings is 1. The Labute approximate surface area is 168 Å². The van der Waals surface area contributed by atoms with Crippen molar-refractivity contribution in [3.8, 4) is 5.88 Å². The molecule has 0 aliphatic heterocycles. The molecule has 0 aliphatic carbocycles. The molecule has 3 N–H and O–H groups in total. The summed E-state index contributed by atoms with van der Waals surface area (Å²) in [6.45, 7) is 8.77. The van der Waals surface area contributed by atoms with Crippen LogP contribution in [0.3, 0.4) is 0 Å². The molecule has 7 heteroatoms. The van der Waals surface area contributed by atoms with E-state index in [0.717, 1.165) is 43.9 Å². The SMILES string of the molecule is CCNC(=NCc1ccnc(OC)c1)NCC(CC)(CC)CCO.I. The van der Waals surface area contributed by atoms with Crippen LogP contribution in [0.5, 0.6) is 5.88 Å². The first kappa shape index (κ1) is 23.9. The van der Waals surface area contributed by atoms with Crippen molar-refractivity contribution in [3.63, 3.8) is 0 Å². The molecule has 6 nitrogen and oxygen atoms in total. The Morgan fingerprint density at radius 3 is 2.56 bits per heavy atom. The number of hydrogen-bond acceptors (Lipinski definition) is 4. The summed E-state index contributed by atoms with van der Waals surface area (Å²) in [5.74, 6) is 1.39. The fourth-order valence-corrected chi connectivity index (χ4v) is 2.62. The second-order valence-corrected chi connectivity index (χ2v) is 5.94. The monoisotopic (exact) mass is 464 g/mol. The van der Waals surface area contributed by atoms with Crippen molar-refractivity contribution >= 4 is 29.9 Å². The normalized spacial score (nSPS) is 11.6. The van der Waals surface area contributed by atoms with Crippen molar-refractivity contribution in [1.29, 1.82) is 0 Å². The Morgan fingerprint density at radius 1 is 1.28 bits per heavy atom. The van der Waals surface area contributed by atoms with Gasteiger partial charge >= 0.3 is 0 Å². The Bertz CT molecular complexity index is 508. The summed E-state index contributed by atoms with van der Waals surface area (Å²) in [5, 5.41) is 16.0. The summed E-state index contributed by atoms with van der Waals surface area (Å²) in [7, 11) is 1.61. The molecule has 0 radical (unpaired) electrons. The van der Waals surface area contributed by atoms with Gasteiger partial charge in [-0.1, -0.05) is 13.8 Å². The highest BCUT2D eigenvalue weighted by Gasteiger charge is 2.25. The van der Waals surface area contributed by atoms with Gasteiger partial charge < -0.3 is 20.5 Å². The van der Waals surface area contributed by atoms with E-state index in [1.54, 1.807) is 13.3 Å². The second kappa shape index (κ2) is 13.2. The molecule has 1 heterocycles. The quantitative estimate of drug-likeness (QED) is 0.282. The topological polar surface area (TPSA) is 78.8 Å². The highest BCUT2D eigenvalue weighted by molar-refractivity contribution is 14.0. The summed E-state index contributed by atoms with van der Waals surface area (Å²) in [6, 6.07) is 3.82. The van der Waals surface area contributed by atoms with Crippen LogP contribution in [0.2, 0.25) is 0 Å². The van der Waals surface area contributed by atoms with E-state index >= 15 is 0 Å². The molecule has 0 unspecified atom stereocenters. The lowest BCUT2D eigenvalue weighted by Gasteiger charge is -2.32. The minimum atomic E-state index is 0. The maximum atomic E-state index is 9.34. The standard InChI is InChI=1S/C18H32N4O2.HI/c1-5-18(6-2,9-11-23)14-22-17(19-7-3)21-13-15-8-10-20-16(12-15)24-4;/h8,10,12,23H,5-7,9,11,13-14H2,1-4H3,(H2,19,21,22);1H. The Hall–Kier alpha value is -1.09. The van der Waals surface area contributed by atoms with Gasteiger partial charge in [0.1, 0.15) is 0 Å². The summed E-state index contributed by atoms with van der Waals surface area (Å²) in [5.41, 5.74) is 1.15. The molecule has 0 atom stereocenters. The van der Waals surface area contributed by atoms with E-state index in [1.165, 1.54) is 0 Å². The summed E-state index contributed by atoms with van der Waals surface area (Å²) in [4.78, 5) is 8.75. The molecular formula is C18H33IN4O2. The molecule has 1 rings (SSSR count). The number of nitrogens with zero attached hydrogens (tertiary/aromatic N) is 2. The first-order valence-electron chi connectivity index (χ1n) is 8.75. The molecule has 0 spiro atoms. The first-order valence-corrected chi connectivity index (χ1v) is 8.75. The fraction of sp³-hybridized carbons (Fsp3) is 0.667. The number of nitrogens with one attached hydrogen (secondary N) is 2. The lowest BCUT2D eigenvalue weighted by molar-refractivity contribution is 0.169. The van der Waals surface area contributed by atoms with Crippen LogP contribution in [-0.2, 0) is 6.54 Å². The minimum Gasteiger partial charge on any atom is -0.481 e. The highest BCUT2D eigenvalue weighted by atomic mass is 127. The van der Waals surface area contributed by atoms with Crippen LogP contribution < -0.4 is 15.4 Å². The van der Waals surface area contributed by atoms with Gasteiger partial charge in [-0.15, -0.1) is 24.0 Å². The van der Waals surface area contributed by atoms with E-state index in [4.69, 9.17) is 4.74 Å². The second-order valence-electron chi connectivity index (χ2n) is 5.94. The third-order valence-electron chi connectivity index (χ3n) is 4.55. The zero-order valence-electron chi connectivity index (χ0n) is 15.8. The number of aliphatic imine (C=N–C) groups is 1. The summed E-state index contributed by atoms with van der Waals surface area (Å²) in [6.07, 6.45) is 4.58. The average molecular weight is 464 g/mol. The van der Waals surface area contributed by atoms with E-state index in [1.807, 2.05) is 19.1 Å².